The Balaban J connectivity index is 2.28. The molecule has 0 atom stereocenters. The average Bonchev–Trinajstić information content (AvgIpc) is 2.98. The molecule has 1 aromatic carbocycles. The molecular formula is C16H16F3NOS2. The summed E-state index contributed by atoms with van der Waals surface area (Å²) in [5, 5.41) is 3.54. The number of alkyl halides is 3. The highest BCUT2D eigenvalue weighted by Crippen LogP contribution is 2.26. The molecule has 0 saturated heterocycles. The van der Waals surface area contributed by atoms with Crippen molar-refractivity contribution in [2.75, 3.05) is 12.3 Å². The quantitative estimate of drug-likeness (QED) is 0.672. The maximum atomic E-state index is 12.9. The Bertz CT molecular complexity index is 641. The lowest BCUT2D eigenvalue weighted by Crippen LogP contribution is -2.38. The Morgan fingerprint density at radius 2 is 2.00 bits per heavy atom. The fourth-order valence-electron chi connectivity index (χ4n) is 2.11. The van der Waals surface area contributed by atoms with Gasteiger partial charge in [-0.15, -0.1) is 11.8 Å². The maximum Gasteiger partial charge on any atom is 0.406 e. The first kappa shape index (κ1) is 17.9. The molecule has 0 N–H and O–H groups in total. The van der Waals surface area contributed by atoms with E-state index in [9.17, 15) is 18.0 Å². The van der Waals surface area contributed by atoms with Crippen molar-refractivity contribution >= 4 is 29.0 Å². The van der Waals surface area contributed by atoms with Gasteiger partial charge in [0.05, 0.1) is 5.56 Å². The molecule has 0 bridgehead atoms. The highest BCUT2D eigenvalue weighted by Gasteiger charge is 2.34. The molecule has 0 aliphatic heterocycles. The number of carbonyl (C=O) groups is 1. The van der Waals surface area contributed by atoms with E-state index < -0.39 is 18.6 Å². The van der Waals surface area contributed by atoms with Gasteiger partial charge in [-0.1, -0.05) is 19.1 Å². The van der Waals surface area contributed by atoms with E-state index in [1.807, 2.05) is 6.92 Å². The molecule has 0 unspecified atom stereocenters. The summed E-state index contributed by atoms with van der Waals surface area (Å²) in [6, 6.07) is 8.52. The van der Waals surface area contributed by atoms with Gasteiger partial charge in [0.25, 0.3) is 5.91 Å². The number of nitrogens with zero attached hydrogens (tertiary/aromatic N) is 1. The van der Waals surface area contributed by atoms with Crippen LogP contribution in [0.25, 0.3) is 0 Å². The Morgan fingerprint density at radius 3 is 2.61 bits per heavy atom. The van der Waals surface area contributed by atoms with Crippen LogP contribution in [0, 0.1) is 0 Å². The molecule has 0 spiro atoms. The van der Waals surface area contributed by atoms with Gasteiger partial charge in [0, 0.05) is 11.4 Å². The smallest absolute Gasteiger partial charge is 0.325 e. The molecule has 7 heteroatoms. The molecule has 0 radical (unpaired) electrons. The Kier molecular flexibility index (Phi) is 6.12. The van der Waals surface area contributed by atoms with Crippen LogP contribution in [0.4, 0.5) is 13.2 Å². The van der Waals surface area contributed by atoms with Crippen LogP contribution in [-0.4, -0.2) is 29.3 Å². The van der Waals surface area contributed by atoms with Crippen molar-refractivity contribution in [2.45, 2.75) is 24.5 Å². The Labute approximate surface area is 141 Å². The predicted molar refractivity (Wildman–Crippen MR) is 88.0 cm³/mol. The van der Waals surface area contributed by atoms with E-state index in [-0.39, 0.29) is 6.54 Å². The fourth-order valence-corrected chi connectivity index (χ4v) is 3.57. The summed E-state index contributed by atoms with van der Waals surface area (Å²) in [7, 11) is 0. The molecular weight excluding hydrogens is 343 g/mol. The number of hydrogen-bond donors (Lipinski definition) is 0. The van der Waals surface area contributed by atoms with Gasteiger partial charge in [-0.25, -0.2) is 0 Å². The van der Waals surface area contributed by atoms with Gasteiger partial charge in [-0.2, -0.15) is 24.5 Å². The Morgan fingerprint density at radius 1 is 1.26 bits per heavy atom. The normalized spacial score (nSPS) is 11.5. The van der Waals surface area contributed by atoms with Crippen LogP contribution in [0.15, 0.2) is 46.0 Å². The van der Waals surface area contributed by atoms with Gasteiger partial charge in [0.15, 0.2) is 0 Å². The average molecular weight is 359 g/mol. The molecule has 0 aliphatic carbocycles. The number of carbonyl (C=O) groups excluding carboxylic acids is 1. The second kappa shape index (κ2) is 7.88. The third-order valence-electron chi connectivity index (χ3n) is 3.03. The monoisotopic (exact) mass is 359 g/mol. The van der Waals surface area contributed by atoms with Gasteiger partial charge in [-0.05, 0) is 40.3 Å². The van der Waals surface area contributed by atoms with Crippen LogP contribution < -0.4 is 0 Å². The third kappa shape index (κ3) is 5.28. The van der Waals surface area contributed by atoms with Crippen LogP contribution in [0.2, 0.25) is 0 Å². The minimum absolute atomic E-state index is 0.0486. The van der Waals surface area contributed by atoms with E-state index in [1.165, 1.54) is 23.1 Å². The second-order valence-corrected chi connectivity index (χ2v) is 6.92. The van der Waals surface area contributed by atoms with Crippen molar-refractivity contribution in [3.8, 4) is 0 Å². The van der Waals surface area contributed by atoms with E-state index in [0.717, 1.165) is 10.7 Å². The number of hydrogen-bond acceptors (Lipinski definition) is 3. The first-order valence-corrected chi connectivity index (χ1v) is 8.92. The SMILES string of the molecule is CCSc1ccccc1C(=O)N(Cc1ccsc1)CC(F)(F)F. The predicted octanol–water partition coefficient (Wildman–Crippen LogP) is 5.06. The van der Waals surface area contributed by atoms with E-state index >= 15 is 0 Å². The topological polar surface area (TPSA) is 20.3 Å². The van der Waals surface area contributed by atoms with E-state index in [1.54, 1.807) is 41.1 Å². The summed E-state index contributed by atoms with van der Waals surface area (Å²) in [6.45, 7) is 0.630. The van der Waals surface area contributed by atoms with Crippen molar-refractivity contribution in [2.24, 2.45) is 0 Å². The number of thiophene rings is 1. The molecule has 2 nitrogen and oxygen atoms in total. The number of amides is 1. The van der Waals surface area contributed by atoms with Crippen molar-refractivity contribution in [1.82, 2.24) is 4.90 Å². The van der Waals surface area contributed by atoms with Crippen molar-refractivity contribution in [1.29, 1.82) is 0 Å². The highest BCUT2D eigenvalue weighted by atomic mass is 32.2. The van der Waals surface area contributed by atoms with Gasteiger partial charge < -0.3 is 4.90 Å². The van der Waals surface area contributed by atoms with Crippen LogP contribution in [0.3, 0.4) is 0 Å². The molecule has 0 saturated carbocycles. The lowest BCUT2D eigenvalue weighted by molar-refractivity contribution is -0.141. The zero-order valence-electron chi connectivity index (χ0n) is 12.5. The molecule has 2 rings (SSSR count). The van der Waals surface area contributed by atoms with E-state index in [4.69, 9.17) is 0 Å². The van der Waals surface area contributed by atoms with E-state index in [0.29, 0.717) is 16.0 Å². The summed E-state index contributed by atoms with van der Waals surface area (Å²) in [4.78, 5) is 14.2. The van der Waals surface area contributed by atoms with Gasteiger partial charge in [0.1, 0.15) is 6.54 Å². The zero-order valence-corrected chi connectivity index (χ0v) is 14.1. The summed E-state index contributed by atoms with van der Waals surface area (Å²) < 4.78 is 38.6. The number of thioether (sulfide) groups is 1. The number of benzene rings is 1. The fraction of sp³-hybridized carbons (Fsp3) is 0.312. The zero-order chi connectivity index (χ0) is 16.9. The number of halogens is 3. The summed E-state index contributed by atoms with van der Waals surface area (Å²) in [5.74, 6) is 0.152. The molecule has 0 fully saturated rings. The molecule has 1 heterocycles. The summed E-state index contributed by atoms with van der Waals surface area (Å²) in [5.41, 5.74) is 1.02. The number of rotatable bonds is 6. The third-order valence-corrected chi connectivity index (χ3v) is 4.72. The summed E-state index contributed by atoms with van der Waals surface area (Å²) in [6.07, 6.45) is -4.43. The van der Waals surface area contributed by atoms with Crippen LogP contribution in [0.5, 0.6) is 0 Å². The largest absolute Gasteiger partial charge is 0.406 e. The first-order valence-electron chi connectivity index (χ1n) is 6.99. The van der Waals surface area contributed by atoms with Crippen molar-refractivity contribution in [3.63, 3.8) is 0 Å². The van der Waals surface area contributed by atoms with Crippen molar-refractivity contribution in [3.05, 3.63) is 52.2 Å². The van der Waals surface area contributed by atoms with Crippen molar-refractivity contribution < 1.29 is 18.0 Å². The molecule has 1 amide bonds. The van der Waals surface area contributed by atoms with Crippen LogP contribution >= 0.6 is 23.1 Å². The molecule has 2 aromatic rings. The minimum Gasteiger partial charge on any atom is -0.325 e. The van der Waals surface area contributed by atoms with Crippen LogP contribution in [0.1, 0.15) is 22.8 Å². The first-order chi connectivity index (χ1) is 10.9. The maximum absolute atomic E-state index is 12.9. The Hall–Kier alpha value is -1.47. The van der Waals surface area contributed by atoms with Gasteiger partial charge in [0.2, 0.25) is 0 Å². The molecule has 23 heavy (non-hydrogen) atoms. The van der Waals surface area contributed by atoms with Gasteiger partial charge in [-0.3, -0.25) is 4.79 Å². The molecule has 0 aliphatic rings. The summed E-state index contributed by atoms with van der Waals surface area (Å²) >= 11 is 2.84. The molecule has 124 valence electrons. The standard InChI is InChI=1S/C16H16F3NOS2/c1-2-23-14-6-4-3-5-13(14)15(21)20(11-16(17,18)19)9-12-7-8-22-10-12/h3-8,10H,2,9,11H2,1H3. The second-order valence-electron chi connectivity index (χ2n) is 4.84. The minimum atomic E-state index is -4.43. The molecule has 1 aromatic heterocycles. The van der Waals surface area contributed by atoms with E-state index in [2.05, 4.69) is 0 Å². The highest BCUT2D eigenvalue weighted by molar-refractivity contribution is 7.99. The lowest BCUT2D eigenvalue weighted by atomic mass is 10.2. The van der Waals surface area contributed by atoms with Crippen LogP contribution in [-0.2, 0) is 6.54 Å². The lowest BCUT2D eigenvalue weighted by Gasteiger charge is -2.24. The van der Waals surface area contributed by atoms with Gasteiger partial charge >= 0.3 is 6.18 Å².